The summed E-state index contributed by atoms with van der Waals surface area (Å²) in [4.78, 5) is 55.1. The Balaban J connectivity index is 1.19. The van der Waals surface area contributed by atoms with Crippen molar-refractivity contribution in [3.8, 4) is 0 Å². The first kappa shape index (κ1) is 45.7. The fourth-order valence-corrected chi connectivity index (χ4v) is 15.6. The number of likely N-dealkylation sites (tertiary alicyclic amines) is 1. The van der Waals surface area contributed by atoms with Gasteiger partial charge in [-0.3, -0.25) is 19.4 Å². The molecule has 1 saturated carbocycles. The zero-order valence-corrected chi connectivity index (χ0v) is 40.7. The number of nitrogens with zero attached hydrogens (tertiary/aromatic N) is 3. The van der Waals surface area contributed by atoms with Gasteiger partial charge in [-0.2, -0.15) is 0 Å². The highest BCUT2D eigenvalue weighted by atomic mass is 35.5. The van der Waals surface area contributed by atoms with Gasteiger partial charge >= 0.3 is 17.9 Å². The Hall–Kier alpha value is -4.11. The maximum atomic E-state index is 15.5. The topological polar surface area (TPSA) is 134 Å². The van der Waals surface area contributed by atoms with Crippen LogP contribution in [0.2, 0.25) is 5.02 Å². The third-order valence-corrected chi connectivity index (χ3v) is 18.3. The van der Waals surface area contributed by atoms with E-state index in [0.717, 1.165) is 94.4 Å². The van der Waals surface area contributed by atoms with Crippen LogP contribution in [0.25, 0.3) is 10.9 Å². The molecule has 2 aromatic carbocycles. The number of rotatable bonds is 10. The molecule has 12 nitrogen and oxygen atoms in total. The van der Waals surface area contributed by atoms with Crippen LogP contribution in [0.3, 0.4) is 0 Å². The second-order valence-electron chi connectivity index (χ2n) is 19.9. The number of allylic oxidation sites excluding steroid dienone is 1. The molecule has 14 heteroatoms. The number of benzene rings is 2. The number of thioether (sulfide) groups is 1. The van der Waals surface area contributed by atoms with Crippen LogP contribution >= 0.6 is 23.4 Å². The minimum absolute atomic E-state index is 0.0335. The average molecular weight is 940 g/mol. The predicted octanol–water partition coefficient (Wildman–Crippen LogP) is 7.42. The first-order chi connectivity index (χ1) is 31.8. The zero-order valence-electron chi connectivity index (χ0n) is 39.1. The lowest BCUT2D eigenvalue weighted by Gasteiger charge is -2.61. The molecular formula is C52H63ClN4O8S. The van der Waals surface area contributed by atoms with Crippen LogP contribution in [-0.2, 0) is 51.0 Å². The number of nitrogens with one attached hydrogen (secondary N) is 1. The summed E-state index contributed by atoms with van der Waals surface area (Å²) in [6, 6.07) is 13.4. The van der Waals surface area contributed by atoms with E-state index in [-0.39, 0.29) is 29.8 Å². The minimum atomic E-state index is -2.21. The van der Waals surface area contributed by atoms with Gasteiger partial charge in [0, 0.05) is 102 Å². The van der Waals surface area contributed by atoms with Crippen LogP contribution in [0.1, 0.15) is 69.7 Å². The number of H-pyrrole nitrogens is 1. The number of esters is 3. The molecule has 3 saturated heterocycles. The highest BCUT2D eigenvalue weighted by Crippen LogP contribution is 2.68. The number of halogens is 1. The molecular weight excluding hydrogens is 876 g/mol. The summed E-state index contributed by atoms with van der Waals surface area (Å²) in [5.41, 5.74) is 2.82. The van der Waals surface area contributed by atoms with Crippen LogP contribution in [-0.4, -0.2) is 127 Å². The molecule has 12 atom stereocenters. The van der Waals surface area contributed by atoms with Gasteiger partial charge in [0.15, 0.2) is 0 Å². The molecule has 7 aliphatic rings. The highest BCUT2D eigenvalue weighted by molar-refractivity contribution is 7.98. The zero-order chi connectivity index (χ0) is 46.4. The number of likely N-dealkylation sites (N-methyl/N-ethyl adjacent to an activating group) is 1. The Morgan fingerprint density at radius 2 is 1.79 bits per heavy atom. The summed E-state index contributed by atoms with van der Waals surface area (Å²) in [5.74, 6) is -1.84. The van der Waals surface area contributed by atoms with E-state index in [1.54, 1.807) is 18.9 Å². The molecule has 2 aliphatic carbocycles. The molecule has 3 aromatic rings. The van der Waals surface area contributed by atoms with Gasteiger partial charge < -0.3 is 33.9 Å². The lowest BCUT2D eigenvalue weighted by Crippen LogP contribution is -2.77. The fourth-order valence-electron chi connectivity index (χ4n) is 14.4. The molecule has 1 spiro atoms. The van der Waals surface area contributed by atoms with Gasteiger partial charge in [-0.15, -0.1) is 11.8 Å². The molecule has 1 aromatic heterocycles. The number of aromatic nitrogens is 1. The first-order valence-electron chi connectivity index (χ1n) is 23.7. The summed E-state index contributed by atoms with van der Waals surface area (Å²) < 4.78 is 24.3. The van der Waals surface area contributed by atoms with Gasteiger partial charge in [-0.1, -0.05) is 67.8 Å². The minimum Gasteiger partial charge on any atom is -0.468 e. The van der Waals surface area contributed by atoms with E-state index in [2.05, 4.69) is 71.1 Å². The maximum Gasteiger partial charge on any atom is 0.344 e. The number of carbonyl (C=O) groups is 3. The molecule has 4 fully saturated rings. The normalized spacial score (nSPS) is 35.6. The summed E-state index contributed by atoms with van der Waals surface area (Å²) in [6.07, 6.45) is 8.69. The Bertz CT molecular complexity index is 2560. The van der Waals surface area contributed by atoms with Gasteiger partial charge in [0.25, 0.3) is 0 Å². The van der Waals surface area contributed by atoms with Gasteiger partial charge in [0.05, 0.1) is 26.4 Å². The van der Waals surface area contributed by atoms with E-state index in [1.165, 1.54) is 26.7 Å². The van der Waals surface area contributed by atoms with Crippen molar-refractivity contribution in [1.29, 1.82) is 0 Å². The highest BCUT2D eigenvalue weighted by Gasteiger charge is 2.79. The average Bonchev–Trinajstić information content (AvgIpc) is 3.96. The molecule has 66 heavy (non-hydrogen) atoms. The lowest BCUT2D eigenvalue weighted by molar-refractivity contribution is -0.238. The molecule has 352 valence electrons. The maximum absolute atomic E-state index is 15.5. The van der Waals surface area contributed by atoms with Crippen LogP contribution < -0.4 is 0 Å². The van der Waals surface area contributed by atoms with Crippen LogP contribution in [0, 0.1) is 29.1 Å². The third-order valence-electron chi connectivity index (χ3n) is 16.9. The van der Waals surface area contributed by atoms with Gasteiger partial charge in [-0.05, 0) is 97.7 Å². The van der Waals surface area contributed by atoms with E-state index in [4.69, 9.17) is 30.5 Å². The number of ether oxygens (including phenoxy) is 4. The van der Waals surface area contributed by atoms with Crippen molar-refractivity contribution in [2.75, 3.05) is 54.6 Å². The smallest absolute Gasteiger partial charge is 0.344 e. The molecule has 2 bridgehead atoms. The summed E-state index contributed by atoms with van der Waals surface area (Å²) in [6.45, 7) is 9.56. The number of aliphatic hydroxyl groups is 1. The molecule has 5 aliphatic heterocycles. The van der Waals surface area contributed by atoms with Gasteiger partial charge in [0.2, 0.25) is 5.60 Å². The van der Waals surface area contributed by atoms with Crippen molar-refractivity contribution in [3.05, 3.63) is 99.4 Å². The molecule has 6 heterocycles. The standard InChI is InChI=1S/C52H63ClN4O8S/c1-8-30-20-31-24-51(48(59)63-6,44-36(27-56(25-30)26-31)35-21-34(14-15-40(35)54-44)66-28-33-12-10-11-13-39(33)53)38-22-37-41(23-42(38)62-5)55(4)47-50(37)17-19-57-18-16-32(9-2)43(45(50)57)46(65-29(3)58)52(47,61)49(60)64-7/h10-15,20-23,31-32,38,42-43,45-47,54,61H,8-9,16-19,24-28H2,1-7H3/t31-,32+,38?,42?,43?,45+,46-,47-,50-,51+,52-/m1/s1. The second kappa shape index (κ2) is 17.1. The Kier molecular flexibility index (Phi) is 11.9. The van der Waals surface area contributed by atoms with E-state index < -0.39 is 52.5 Å². The number of methoxy groups -OCH3 is 3. The first-order valence-corrected chi connectivity index (χ1v) is 25.1. The van der Waals surface area contributed by atoms with Crippen molar-refractivity contribution in [3.63, 3.8) is 0 Å². The molecule has 2 N–H and O–H groups in total. The molecule has 4 unspecified atom stereocenters. The number of hydrogen-bond donors (Lipinski definition) is 2. The Morgan fingerprint density at radius 3 is 2.50 bits per heavy atom. The van der Waals surface area contributed by atoms with E-state index in [0.29, 0.717) is 25.1 Å². The quantitative estimate of drug-likeness (QED) is 0.0908. The Labute approximate surface area is 397 Å². The third kappa shape index (κ3) is 6.64. The molecule has 10 rings (SSSR count). The van der Waals surface area contributed by atoms with Crippen molar-refractivity contribution < 1.29 is 38.4 Å². The van der Waals surface area contributed by atoms with Crippen molar-refractivity contribution in [2.24, 2.45) is 29.1 Å². The van der Waals surface area contributed by atoms with Crippen LogP contribution in [0.4, 0.5) is 0 Å². The molecule has 0 amide bonds. The number of hydrogen-bond acceptors (Lipinski definition) is 12. The van der Waals surface area contributed by atoms with Crippen molar-refractivity contribution in [1.82, 2.24) is 19.7 Å². The number of aromatic amines is 1. The van der Waals surface area contributed by atoms with Crippen LogP contribution in [0.15, 0.2) is 82.4 Å². The monoisotopic (exact) mass is 938 g/mol. The number of carbonyl (C=O) groups excluding carboxylic acids is 3. The predicted molar refractivity (Wildman–Crippen MR) is 254 cm³/mol. The Morgan fingerprint density at radius 1 is 1.00 bits per heavy atom. The number of fused-ring (bicyclic) bond motifs is 6. The van der Waals surface area contributed by atoms with Crippen molar-refractivity contribution >= 4 is 52.2 Å². The summed E-state index contributed by atoms with van der Waals surface area (Å²) in [7, 11) is 6.39. The van der Waals surface area contributed by atoms with Crippen LogP contribution in [0.5, 0.6) is 0 Å². The largest absolute Gasteiger partial charge is 0.468 e. The lowest BCUT2D eigenvalue weighted by atomic mass is 9.50. The number of piperidine rings is 1. The fraction of sp³-hybridized carbons (Fsp3) is 0.558. The van der Waals surface area contributed by atoms with E-state index in [9.17, 15) is 14.7 Å². The van der Waals surface area contributed by atoms with Crippen molar-refractivity contribution in [2.45, 2.75) is 105 Å². The second-order valence-corrected chi connectivity index (χ2v) is 21.3. The van der Waals surface area contributed by atoms with Gasteiger partial charge in [-0.25, -0.2) is 4.79 Å². The summed E-state index contributed by atoms with van der Waals surface area (Å²) in [5, 5.41) is 15.2. The SMILES string of the molecule is CCC1=C[C@H]2CN(C1)Cc1c([nH]c3ccc(SCc4ccccc4Cl)cc13)[C@@](C(=O)OC)(C1C=C3C(=CC1OC)N(C)[C@H]1[C@@](O)(C(=O)OC)[C@H](OC(C)=O)C4[C@@H](CC)CCN5CC[C@]31[C@H]45)C2. The van der Waals surface area contributed by atoms with E-state index >= 15 is 4.79 Å². The van der Waals surface area contributed by atoms with Gasteiger partial charge in [0.1, 0.15) is 11.5 Å². The summed E-state index contributed by atoms with van der Waals surface area (Å²) >= 11 is 8.34. The molecule has 0 radical (unpaired) electrons. The van der Waals surface area contributed by atoms with E-state index in [1.807, 2.05) is 30.1 Å².